The fourth-order valence-corrected chi connectivity index (χ4v) is 10.6. The maximum Gasteiger partial charge on any atom is 0.407 e. The van der Waals surface area contributed by atoms with Gasteiger partial charge >= 0.3 is 12.2 Å². The Morgan fingerprint density at radius 3 is 1.69 bits per heavy atom. The Balaban J connectivity index is 0.998. The molecule has 9 rings (SSSR count). The number of rotatable bonds is 11. The smallest absolute Gasteiger partial charge is 0.407 e. The SMILES string of the molecule is COC(=O)NC(C(=O)N1CCCC1c1ncc(-c2ccc(-c3ccc(-c4cnc(C5CCCN5C(=O)C(NC(=O)OC)C(C)C)[nH]4)c4cnoc34)c3c2C2CCC3C2)[nH]1)C(C)C. The summed E-state index contributed by atoms with van der Waals surface area (Å²) >= 11 is 0. The summed E-state index contributed by atoms with van der Waals surface area (Å²) in [5.41, 5.74) is 9.27. The summed E-state index contributed by atoms with van der Waals surface area (Å²) in [7, 11) is 2.59. The molecule has 62 heavy (non-hydrogen) atoms. The third kappa shape index (κ3) is 7.16. The molecule has 4 aliphatic rings. The number of aromatic nitrogens is 5. The van der Waals surface area contributed by atoms with Crippen LogP contribution in [0.1, 0.15) is 119 Å². The van der Waals surface area contributed by atoms with Crippen molar-refractivity contribution >= 4 is 35.0 Å². The third-order valence-corrected chi connectivity index (χ3v) is 13.6. The lowest BCUT2D eigenvalue weighted by molar-refractivity contribution is -0.136. The van der Waals surface area contributed by atoms with Gasteiger partial charge in [-0.05, 0) is 91.4 Å². The topological polar surface area (TPSA) is 201 Å². The van der Waals surface area contributed by atoms with Crippen molar-refractivity contribution in [1.82, 2.24) is 45.5 Å². The van der Waals surface area contributed by atoms with Crippen molar-refractivity contribution in [2.24, 2.45) is 11.8 Å². The van der Waals surface area contributed by atoms with E-state index in [9.17, 15) is 19.2 Å². The highest BCUT2D eigenvalue weighted by molar-refractivity contribution is 6.02. The van der Waals surface area contributed by atoms with Gasteiger partial charge < -0.3 is 44.4 Å². The fourth-order valence-electron chi connectivity index (χ4n) is 10.6. The number of amides is 4. The predicted molar refractivity (Wildman–Crippen MR) is 230 cm³/mol. The van der Waals surface area contributed by atoms with Crippen molar-refractivity contribution in [3.63, 3.8) is 0 Å². The molecule has 5 heterocycles. The van der Waals surface area contributed by atoms with Crippen LogP contribution >= 0.6 is 0 Å². The Hall–Kier alpha value is -6.19. The number of H-pyrrole nitrogens is 2. The molecule has 5 aromatic rings. The van der Waals surface area contributed by atoms with Gasteiger partial charge in [0.2, 0.25) is 11.8 Å². The Bertz CT molecular complexity index is 2520. The maximum absolute atomic E-state index is 13.8. The summed E-state index contributed by atoms with van der Waals surface area (Å²) in [4.78, 5) is 72.2. The molecule has 2 aromatic carbocycles. The highest BCUT2D eigenvalue weighted by Gasteiger charge is 2.43. The van der Waals surface area contributed by atoms with Gasteiger partial charge in [0, 0.05) is 29.8 Å². The van der Waals surface area contributed by atoms with Crippen molar-refractivity contribution < 1.29 is 33.2 Å². The molecule has 326 valence electrons. The molecule has 0 radical (unpaired) electrons. The minimum atomic E-state index is -0.716. The van der Waals surface area contributed by atoms with E-state index in [1.54, 1.807) is 12.4 Å². The number of carbonyl (C=O) groups is 4. The first-order valence-electron chi connectivity index (χ1n) is 21.9. The average Bonchev–Trinajstić information content (AvgIpc) is 4.12. The number of ether oxygens (including phenoxy) is 2. The van der Waals surface area contributed by atoms with Crippen molar-refractivity contribution in [2.75, 3.05) is 27.3 Å². The quantitative estimate of drug-likeness (QED) is 0.102. The van der Waals surface area contributed by atoms with E-state index in [0.29, 0.717) is 36.3 Å². The Kier molecular flexibility index (Phi) is 11.0. The molecule has 1 saturated carbocycles. The van der Waals surface area contributed by atoms with Crippen molar-refractivity contribution in [3.05, 3.63) is 65.6 Å². The van der Waals surface area contributed by atoms with Crippen molar-refractivity contribution in [3.8, 4) is 33.6 Å². The largest absolute Gasteiger partial charge is 0.453 e. The Labute approximate surface area is 359 Å². The van der Waals surface area contributed by atoms with Crippen LogP contribution in [-0.2, 0) is 19.1 Å². The molecular weight excluding hydrogens is 791 g/mol. The second kappa shape index (κ2) is 16.6. The normalized spacial score (nSPS) is 21.5. The molecule has 6 atom stereocenters. The number of aromatic amines is 2. The number of imidazole rings is 2. The van der Waals surface area contributed by atoms with Crippen molar-refractivity contribution in [1.29, 1.82) is 0 Å². The standard InChI is InChI=1S/C46H55N9O7/c1-23(2)38(52-45(58)60-5)43(56)54-17-7-9-34(54)41-47-21-32(50-41)27-13-15-29(40-31(27)20-49-62-40)28-14-16-30(37-26-12-11-25(19-26)36(28)37)33-22-48-42(51-33)35-10-8-18-55(35)44(57)39(24(3)4)53-46(59)61-6/h13-16,20-26,34-35,38-39H,7-12,17-19H2,1-6H3,(H,47,50)(H,48,51)(H,52,58)(H,53,59). The van der Waals surface area contributed by atoms with E-state index in [4.69, 9.17) is 24.0 Å². The lowest BCUT2D eigenvalue weighted by atomic mass is 9.82. The average molecular weight is 846 g/mol. The zero-order valence-electron chi connectivity index (χ0n) is 36.1. The molecule has 4 amide bonds. The molecule has 2 aliphatic heterocycles. The summed E-state index contributed by atoms with van der Waals surface area (Å²) in [6.45, 7) is 8.79. The van der Waals surface area contributed by atoms with E-state index in [1.807, 2.05) is 43.7 Å². The number of nitrogens with zero attached hydrogens (tertiary/aromatic N) is 5. The number of carbonyl (C=O) groups excluding carboxylic acids is 4. The number of hydrogen-bond acceptors (Lipinski definition) is 10. The van der Waals surface area contributed by atoms with Crippen LogP contribution in [-0.4, -0.2) is 98.3 Å². The van der Waals surface area contributed by atoms with Crippen LogP contribution in [0.25, 0.3) is 44.6 Å². The van der Waals surface area contributed by atoms with Gasteiger partial charge in [-0.15, -0.1) is 0 Å². The van der Waals surface area contributed by atoms with Crippen LogP contribution in [0.15, 0.2) is 47.4 Å². The van der Waals surface area contributed by atoms with Gasteiger partial charge in [0.25, 0.3) is 0 Å². The maximum atomic E-state index is 13.8. The van der Waals surface area contributed by atoms with E-state index in [0.717, 1.165) is 89.8 Å². The first-order chi connectivity index (χ1) is 30.0. The summed E-state index contributed by atoms with van der Waals surface area (Å²) in [5.74, 6) is 1.75. The van der Waals surface area contributed by atoms with Crippen LogP contribution in [0.3, 0.4) is 0 Å². The van der Waals surface area contributed by atoms with Crippen LogP contribution < -0.4 is 10.6 Å². The van der Waals surface area contributed by atoms with Crippen molar-refractivity contribution in [2.45, 2.75) is 109 Å². The number of likely N-dealkylation sites (tertiary alicyclic amines) is 2. The molecule has 16 nitrogen and oxygen atoms in total. The van der Waals surface area contributed by atoms with Crippen LogP contribution in [0.4, 0.5) is 9.59 Å². The first-order valence-corrected chi connectivity index (χ1v) is 21.9. The van der Waals surface area contributed by atoms with Crippen LogP contribution in [0.5, 0.6) is 0 Å². The monoisotopic (exact) mass is 845 g/mol. The lowest BCUT2D eigenvalue weighted by Gasteiger charge is -2.30. The summed E-state index contributed by atoms with van der Waals surface area (Å²) in [6.07, 6.45) is 10.8. The Morgan fingerprint density at radius 1 is 0.677 bits per heavy atom. The van der Waals surface area contributed by atoms with Gasteiger partial charge in [0.15, 0.2) is 5.58 Å². The zero-order chi connectivity index (χ0) is 43.4. The van der Waals surface area contributed by atoms with E-state index in [1.165, 1.54) is 25.3 Å². The van der Waals surface area contributed by atoms with Gasteiger partial charge in [-0.3, -0.25) is 9.59 Å². The molecule has 6 unspecified atom stereocenters. The molecule has 2 bridgehead atoms. The van der Waals surface area contributed by atoms with Gasteiger partial charge in [-0.2, -0.15) is 0 Å². The van der Waals surface area contributed by atoms with Crippen LogP contribution in [0, 0.1) is 11.8 Å². The molecule has 2 aliphatic carbocycles. The summed E-state index contributed by atoms with van der Waals surface area (Å²) < 4.78 is 15.7. The highest BCUT2D eigenvalue weighted by atomic mass is 16.5. The summed E-state index contributed by atoms with van der Waals surface area (Å²) in [5, 5.41) is 10.6. The number of hydrogen-bond donors (Lipinski definition) is 4. The minimum absolute atomic E-state index is 0.117. The second-order valence-electron chi connectivity index (χ2n) is 17.9. The van der Waals surface area contributed by atoms with E-state index < -0.39 is 24.3 Å². The molecule has 4 N–H and O–H groups in total. The number of methoxy groups -OCH3 is 2. The predicted octanol–water partition coefficient (Wildman–Crippen LogP) is 7.73. The van der Waals surface area contributed by atoms with Gasteiger partial charge in [-0.25, -0.2) is 19.6 Å². The molecule has 2 saturated heterocycles. The summed E-state index contributed by atoms with van der Waals surface area (Å²) in [6, 6.07) is 6.69. The third-order valence-electron chi connectivity index (χ3n) is 13.6. The lowest BCUT2D eigenvalue weighted by Crippen LogP contribution is -2.51. The minimum Gasteiger partial charge on any atom is -0.453 e. The van der Waals surface area contributed by atoms with Gasteiger partial charge in [0.05, 0.1) is 61.7 Å². The number of alkyl carbamates (subject to hydrolysis) is 2. The highest BCUT2D eigenvalue weighted by Crippen LogP contribution is 2.58. The van der Waals surface area contributed by atoms with Gasteiger partial charge in [-0.1, -0.05) is 51.1 Å². The van der Waals surface area contributed by atoms with E-state index in [2.05, 4.69) is 50.0 Å². The number of benzene rings is 2. The zero-order valence-corrected chi connectivity index (χ0v) is 36.1. The second-order valence-corrected chi connectivity index (χ2v) is 17.9. The molecule has 16 heteroatoms. The number of nitrogens with one attached hydrogen (secondary N) is 4. The van der Waals surface area contributed by atoms with Crippen LogP contribution in [0.2, 0.25) is 0 Å². The molecule has 3 fully saturated rings. The fraction of sp³-hybridized carbons (Fsp3) is 0.500. The number of fused-ring (bicyclic) bond motifs is 6. The van der Waals surface area contributed by atoms with E-state index >= 15 is 0 Å². The molecule has 0 spiro atoms. The molecule has 3 aromatic heterocycles. The Morgan fingerprint density at radius 2 is 1.16 bits per heavy atom. The first kappa shape index (κ1) is 41.2. The van der Waals surface area contributed by atoms with E-state index in [-0.39, 0.29) is 35.7 Å². The van der Waals surface area contributed by atoms with Gasteiger partial charge in [0.1, 0.15) is 23.7 Å². The molecular formula is C46H55N9O7.